The maximum Gasteiger partial charge on any atom is 0.0399 e. The van der Waals surface area contributed by atoms with Gasteiger partial charge in [0.2, 0.25) is 0 Å². The van der Waals surface area contributed by atoms with Crippen molar-refractivity contribution >= 4 is 5.69 Å². The number of benzene rings is 1. The van der Waals surface area contributed by atoms with E-state index in [2.05, 4.69) is 41.4 Å². The summed E-state index contributed by atoms with van der Waals surface area (Å²) in [5.74, 6) is 0. The molecule has 0 amide bonds. The van der Waals surface area contributed by atoms with Gasteiger partial charge < -0.3 is 10.2 Å². The number of nitrogens with one attached hydrogen (secondary N) is 1. The van der Waals surface area contributed by atoms with Gasteiger partial charge in [0.05, 0.1) is 0 Å². The van der Waals surface area contributed by atoms with Crippen LogP contribution in [0.1, 0.15) is 18.9 Å². The number of hydrogen-bond acceptors (Lipinski definition) is 2. The lowest BCUT2D eigenvalue weighted by atomic mass is 10.0. The molecule has 1 aromatic carbocycles. The number of anilines is 1. The van der Waals surface area contributed by atoms with Crippen LogP contribution in [0.5, 0.6) is 0 Å². The van der Waals surface area contributed by atoms with Gasteiger partial charge in [-0.25, -0.2) is 0 Å². The van der Waals surface area contributed by atoms with Crippen LogP contribution in [0.2, 0.25) is 0 Å². The fourth-order valence-corrected chi connectivity index (χ4v) is 2.23. The average Bonchev–Trinajstić information content (AvgIpc) is 2.30. The Morgan fingerprint density at radius 2 is 2.20 bits per heavy atom. The summed E-state index contributed by atoms with van der Waals surface area (Å²) in [5, 5.41) is 3.38. The first-order valence-corrected chi connectivity index (χ1v) is 5.95. The minimum Gasteiger partial charge on any atom is -0.370 e. The maximum atomic E-state index is 3.38. The average molecular weight is 204 g/mol. The van der Waals surface area contributed by atoms with Gasteiger partial charge in [-0.2, -0.15) is 0 Å². The highest BCUT2D eigenvalue weighted by molar-refractivity contribution is 5.55. The molecule has 1 N–H and O–H groups in total. The molecular weight excluding hydrogens is 184 g/mol. The first-order valence-electron chi connectivity index (χ1n) is 5.95. The fourth-order valence-electron chi connectivity index (χ4n) is 2.23. The van der Waals surface area contributed by atoms with E-state index in [0.717, 1.165) is 19.6 Å². The van der Waals surface area contributed by atoms with E-state index in [1.807, 2.05) is 0 Å². The first kappa shape index (κ1) is 10.5. The molecule has 1 aliphatic heterocycles. The minimum absolute atomic E-state index is 1.06. The molecule has 0 atom stereocenters. The lowest BCUT2D eigenvalue weighted by Crippen LogP contribution is -2.35. The minimum atomic E-state index is 1.06. The second kappa shape index (κ2) is 5.17. The molecule has 0 saturated carbocycles. The van der Waals surface area contributed by atoms with Crippen LogP contribution < -0.4 is 10.2 Å². The molecule has 0 aliphatic carbocycles. The largest absolute Gasteiger partial charge is 0.370 e. The van der Waals surface area contributed by atoms with Gasteiger partial charge in [-0.1, -0.05) is 25.1 Å². The van der Waals surface area contributed by atoms with Gasteiger partial charge in [0, 0.05) is 25.3 Å². The van der Waals surface area contributed by atoms with E-state index < -0.39 is 0 Å². The SMILES string of the molecule is CCNCCN1CCCc2ccccc21. The smallest absolute Gasteiger partial charge is 0.0399 e. The van der Waals surface area contributed by atoms with E-state index in [4.69, 9.17) is 0 Å². The van der Waals surface area contributed by atoms with Crippen molar-refractivity contribution in [2.45, 2.75) is 19.8 Å². The summed E-state index contributed by atoms with van der Waals surface area (Å²) in [6.45, 7) is 6.65. The van der Waals surface area contributed by atoms with Crippen molar-refractivity contribution in [2.75, 3.05) is 31.1 Å². The summed E-state index contributed by atoms with van der Waals surface area (Å²) in [6, 6.07) is 8.80. The lowest BCUT2D eigenvalue weighted by molar-refractivity contribution is 0.643. The van der Waals surface area contributed by atoms with Crippen molar-refractivity contribution < 1.29 is 0 Å². The van der Waals surface area contributed by atoms with E-state index >= 15 is 0 Å². The third-order valence-corrected chi connectivity index (χ3v) is 3.01. The summed E-state index contributed by atoms with van der Waals surface area (Å²) in [7, 11) is 0. The molecule has 0 radical (unpaired) electrons. The summed E-state index contributed by atoms with van der Waals surface area (Å²) < 4.78 is 0. The van der Waals surface area contributed by atoms with Crippen molar-refractivity contribution in [3.8, 4) is 0 Å². The Bertz CT molecular complexity index is 309. The summed E-state index contributed by atoms with van der Waals surface area (Å²) >= 11 is 0. The molecule has 0 fully saturated rings. The van der Waals surface area contributed by atoms with Crippen molar-refractivity contribution in [3.05, 3.63) is 29.8 Å². The van der Waals surface area contributed by atoms with Crippen LogP contribution in [0.4, 0.5) is 5.69 Å². The zero-order chi connectivity index (χ0) is 10.5. The van der Waals surface area contributed by atoms with Gasteiger partial charge >= 0.3 is 0 Å². The standard InChI is InChI=1S/C13H20N2/c1-2-14-9-11-15-10-5-7-12-6-3-4-8-13(12)15/h3-4,6,8,14H,2,5,7,9-11H2,1H3. The summed E-state index contributed by atoms with van der Waals surface area (Å²) in [5.41, 5.74) is 2.96. The maximum absolute atomic E-state index is 3.38. The highest BCUT2D eigenvalue weighted by Gasteiger charge is 2.14. The molecule has 0 bridgehead atoms. The van der Waals surface area contributed by atoms with E-state index in [0.29, 0.717) is 0 Å². The van der Waals surface area contributed by atoms with E-state index in [9.17, 15) is 0 Å². The Morgan fingerprint density at radius 1 is 1.33 bits per heavy atom. The molecule has 1 aliphatic rings. The van der Waals surface area contributed by atoms with Crippen molar-refractivity contribution in [3.63, 3.8) is 0 Å². The normalized spacial score (nSPS) is 15.1. The van der Waals surface area contributed by atoms with Crippen LogP contribution in [-0.2, 0) is 6.42 Å². The number of para-hydroxylation sites is 1. The van der Waals surface area contributed by atoms with Crippen molar-refractivity contribution in [1.29, 1.82) is 0 Å². The first-order chi connectivity index (χ1) is 7.42. The predicted molar refractivity (Wildman–Crippen MR) is 65.5 cm³/mol. The third kappa shape index (κ3) is 2.51. The third-order valence-electron chi connectivity index (χ3n) is 3.01. The van der Waals surface area contributed by atoms with Crippen molar-refractivity contribution in [1.82, 2.24) is 5.32 Å². The molecule has 0 spiro atoms. The van der Waals surface area contributed by atoms with Gasteiger partial charge in [0.15, 0.2) is 0 Å². The highest BCUT2D eigenvalue weighted by Crippen LogP contribution is 2.25. The zero-order valence-corrected chi connectivity index (χ0v) is 9.50. The van der Waals surface area contributed by atoms with Crippen LogP contribution in [0, 0.1) is 0 Å². The second-order valence-electron chi connectivity index (χ2n) is 4.07. The fraction of sp³-hybridized carbons (Fsp3) is 0.538. The van der Waals surface area contributed by atoms with Crippen LogP contribution in [0.15, 0.2) is 24.3 Å². The second-order valence-corrected chi connectivity index (χ2v) is 4.07. The number of rotatable bonds is 4. The molecule has 2 heteroatoms. The molecule has 2 nitrogen and oxygen atoms in total. The summed E-state index contributed by atoms with van der Waals surface area (Å²) in [4.78, 5) is 2.50. The number of aryl methyl sites for hydroxylation is 1. The number of nitrogens with zero attached hydrogens (tertiary/aromatic N) is 1. The van der Waals surface area contributed by atoms with Crippen LogP contribution in [-0.4, -0.2) is 26.2 Å². The quantitative estimate of drug-likeness (QED) is 0.755. The zero-order valence-electron chi connectivity index (χ0n) is 9.50. The van der Waals surface area contributed by atoms with E-state index in [1.54, 1.807) is 0 Å². The topological polar surface area (TPSA) is 15.3 Å². The summed E-state index contributed by atoms with van der Waals surface area (Å²) in [6.07, 6.45) is 2.54. The van der Waals surface area contributed by atoms with Crippen molar-refractivity contribution in [2.24, 2.45) is 0 Å². The Morgan fingerprint density at radius 3 is 3.07 bits per heavy atom. The lowest BCUT2D eigenvalue weighted by Gasteiger charge is -2.31. The monoisotopic (exact) mass is 204 g/mol. The van der Waals surface area contributed by atoms with E-state index in [1.165, 1.54) is 30.6 Å². The molecule has 2 rings (SSSR count). The number of fused-ring (bicyclic) bond motifs is 1. The van der Waals surface area contributed by atoms with Gasteiger partial charge in [-0.3, -0.25) is 0 Å². The molecule has 0 unspecified atom stereocenters. The molecule has 1 heterocycles. The number of hydrogen-bond donors (Lipinski definition) is 1. The Hall–Kier alpha value is -1.02. The number of likely N-dealkylation sites (N-methyl/N-ethyl adjacent to an activating group) is 1. The van der Waals surface area contributed by atoms with Crippen LogP contribution >= 0.6 is 0 Å². The highest BCUT2D eigenvalue weighted by atomic mass is 15.1. The molecule has 15 heavy (non-hydrogen) atoms. The van der Waals surface area contributed by atoms with Gasteiger partial charge in [-0.05, 0) is 31.0 Å². The Kier molecular flexibility index (Phi) is 3.62. The molecular formula is C13H20N2. The molecule has 1 aromatic rings. The Labute approximate surface area is 92.3 Å². The van der Waals surface area contributed by atoms with E-state index in [-0.39, 0.29) is 0 Å². The van der Waals surface area contributed by atoms with Gasteiger partial charge in [-0.15, -0.1) is 0 Å². The molecule has 0 saturated heterocycles. The van der Waals surface area contributed by atoms with Gasteiger partial charge in [0.25, 0.3) is 0 Å². The van der Waals surface area contributed by atoms with Crippen LogP contribution in [0.25, 0.3) is 0 Å². The molecule has 82 valence electrons. The molecule has 0 aromatic heterocycles. The van der Waals surface area contributed by atoms with Crippen LogP contribution in [0.3, 0.4) is 0 Å². The Balaban J connectivity index is 2.02. The predicted octanol–water partition coefficient (Wildman–Crippen LogP) is 2.05. The van der Waals surface area contributed by atoms with Gasteiger partial charge in [0.1, 0.15) is 0 Å².